The summed E-state index contributed by atoms with van der Waals surface area (Å²) in [5, 5.41) is 2.16. The third kappa shape index (κ3) is 3.81. The minimum absolute atomic E-state index is 0.113. The number of hydrogen-bond donors (Lipinski definition) is 1. The molecule has 2 aromatic rings. The van der Waals surface area contributed by atoms with E-state index in [4.69, 9.17) is 11.6 Å². The van der Waals surface area contributed by atoms with Crippen LogP contribution in [0.25, 0.3) is 0 Å². The molecule has 0 aliphatic heterocycles. The average Bonchev–Trinajstić information content (AvgIpc) is 2.54. The maximum Gasteiger partial charge on any atom is 0.333 e. The molecule has 1 atom stereocenters. The van der Waals surface area contributed by atoms with E-state index in [2.05, 4.69) is 15.0 Å². The van der Waals surface area contributed by atoms with Crippen LogP contribution in [0.3, 0.4) is 0 Å². The summed E-state index contributed by atoms with van der Waals surface area (Å²) < 4.78 is 31.7. The van der Waals surface area contributed by atoms with Crippen LogP contribution in [0.15, 0.2) is 36.7 Å². The fraction of sp³-hybridized carbons (Fsp3) is 0.133. The smallest absolute Gasteiger partial charge is 0.333 e. The summed E-state index contributed by atoms with van der Waals surface area (Å²) in [5.41, 5.74) is -0.190. The van der Waals surface area contributed by atoms with Crippen LogP contribution in [0.4, 0.5) is 8.78 Å². The normalized spacial score (nSPS) is 11.7. The van der Waals surface area contributed by atoms with Gasteiger partial charge in [-0.15, -0.1) is 0 Å². The number of halogens is 3. The van der Waals surface area contributed by atoms with Gasteiger partial charge in [0, 0.05) is 6.20 Å². The third-order valence-electron chi connectivity index (χ3n) is 3.01. The van der Waals surface area contributed by atoms with Gasteiger partial charge in [0.25, 0.3) is 5.91 Å². The zero-order valence-corrected chi connectivity index (χ0v) is 12.6. The standard InChI is InChI=1S/C15H11ClF2N2O3/c1-23-15(22)13(8-2-3-10(16)11(17)6-8)20-14(21)9-4-5-19-7-12(9)18/h2-7,13H,1H3,(H,20,21)/t13-/m1/s1. The number of amides is 1. The molecule has 1 aromatic heterocycles. The number of methoxy groups -OCH3 is 1. The van der Waals surface area contributed by atoms with Crippen molar-refractivity contribution in [3.8, 4) is 0 Å². The van der Waals surface area contributed by atoms with E-state index in [0.717, 1.165) is 25.4 Å². The predicted octanol–water partition coefficient (Wildman–Crippen LogP) is 2.66. The Balaban J connectivity index is 2.33. The zero-order valence-electron chi connectivity index (χ0n) is 11.8. The minimum atomic E-state index is -1.31. The number of rotatable bonds is 4. The molecule has 0 aliphatic carbocycles. The molecular weight excluding hydrogens is 330 g/mol. The number of pyridine rings is 1. The third-order valence-corrected chi connectivity index (χ3v) is 3.31. The lowest BCUT2D eigenvalue weighted by Crippen LogP contribution is -2.35. The molecule has 5 nitrogen and oxygen atoms in total. The molecule has 0 fully saturated rings. The second-order valence-electron chi connectivity index (χ2n) is 4.46. The molecule has 120 valence electrons. The molecule has 0 saturated carbocycles. The summed E-state index contributed by atoms with van der Waals surface area (Å²) in [4.78, 5) is 27.5. The molecule has 0 saturated heterocycles. The van der Waals surface area contributed by atoms with Crippen molar-refractivity contribution >= 4 is 23.5 Å². The topological polar surface area (TPSA) is 68.3 Å². The Morgan fingerprint density at radius 1 is 1.26 bits per heavy atom. The van der Waals surface area contributed by atoms with Crippen molar-refractivity contribution in [2.24, 2.45) is 0 Å². The molecule has 0 radical (unpaired) electrons. The largest absolute Gasteiger partial charge is 0.467 e. The monoisotopic (exact) mass is 340 g/mol. The first-order chi connectivity index (χ1) is 10.9. The van der Waals surface area contributed by atoms with E-state index < -0.39 is 29.6 Å². The summed E-state index contributed by atoms with van der Waals surface area (Å²) >= 11 is 5.59. The van der Waals surface area contributed by atoms with Crippen LogP contribution in [0, 0.1) is 11.6 Å². The van der Waals surface area contributed by atoms with Crippen LogP contribution in [0.2, 0.25) is 5.02 Å². The van der Waals surface area contributed by atoms with Gasteiger partial charge in [0.05, 0.1) is 23.9 Å². The first-order valence-corrected chi connectivity index (χ1v) is 6.75. The van der Waals surface area contributed by atoms with Crippen molar-refractivity contribution in [2.75, 3.05) is 7.11 Å². The fourth-order valence-corrected chi connectivity index (χ4v) is 1.97. The highest BCUT2D eigenvalue weighted by atomic mass is 35.5. The average molecular weight is 341 g/mol. The van der Waals surface area contributed by atoms with Gasteiger partial charge in [-0.1, -0.05) is 17.7 Å². The number of benzene rings is 1. The molecule has 0 aliphatic rings. The van der Waals surface area contributed by atoms with E-state index in [1.165, 1.54) is 18.3 Å². The highest BCUT2D eigenvalue weighted by molar-refractivity contribution is 6.30. The lowest BCUT2D eigenvalue weighted by Gasteiger charge is -2.17. The Bertz CT molecular complexity index is 755. The number of ether oxygens (including phenoxy) is 1. The molecule has 23 heavy (non-hydrogen) atoms. The predicted molar refractivity (Wildman–Crippen MR) is 77.8 cm³/mol. The summed E-state index contributed by atoms with van der Waals surface area (Å²) in [5.74, 6) is -3.32. The number of carbonyl (C=O) groups excluding carboxylic acids is 2. The van der Waals surface area contributed by atoms with Crippen LogP contribution in [0.1, 0.15) is 22.0 Å². The van der Waals surface area contributed by atoms with Crippen molar-refractivity contribution in [1.82, 2.24) is 10.3 Å². The molecule has 0 spiro atoms. The Kier molecular flexibility index (Phi) is 5.23. The van der Waals surface area contributed by atoms with Gasteiger partial charge in [0.2, 0.25) is 0 Å². The number of carbonyl (C=O) groups is 2. The molecule has 8 heteroatoms. The Morgan fingerprint density at radius 3 is 2.61 bits per heavy atom. The van der Waals surface area contributed by atoms with Crippen LogP contribution >= 0.6 is 11.6 Å². The van der Waals surface area contributed by atoms with E-state index in [9.17, 15) is 18.4 Å². The van der Waals surface area contributed by atoms with Crippen molar-refractivity contribution in [3.63, 3.8) is 0 Å². The van der Waals surface area contributed by atoms with Gasteiger partial charge in [0.1, 0.15) is 5.82 Å². The molecule has 1 N–H and O–H groups in total. The number of aromatic nitrogens is 1. The Hall–Kier alpha value is -2.54. The molecule has 0 bridgehead atoms. The maximum absolute atomic E-state index is 13.6. The SMILES string of the molecule is COC(=O)[C@H](NC(=O)c1ccncc1F)c1ccc(Cl)c(F)c1. The number of esters is 1. The van der Waals surface area contributed by atoms with E-state index in [1.54, 1.807) is 0 Å². The molecule has 1 heterocycles. The highest BCUT2D eigenvalue weighted by Gasteiger charge is 2.26. The van der Waals surface area contributed by atoms with E-state index in [0.29, 0.717) is 0 Å². The summed E-state index contributed by atoms with van der Waals surface area (Å²) in [6.07, 6.45) is 2.09. The van der Waals surface area contributed by atoms with Crippen LogP contribution in [-0.4, -0.2) is 24.0 Å². The first kappa shape index (κ1) is 16.8. The highest BCUT2D eigenvalue weighted by Crippen LogP contribution is 2.22. The van der Waals surface area contributed by atoms with E-state index >= 15 is 0 Å². The van der Waals surface area contributed by atoms with Gasteiger partial charge in [0.15, 0.2) is 11.9 Å². The van der Waals surface area contributed by atoms with Gasteiger partial charge in [-0.3, -0.25) is 9.78 Å². The Labute approximate surface area is 135 Å². The zero-order chi connectivity index (χ0) is 17.0. The number of hydrogen-bond acceptors (Lipinski definition) is 4. The minimum Gasteiger partial charge on any atom is -0.467 e. The lowest BCUT2D eigenvalue weighted by molar-refractivity contribution is -0.143. The molecule has 1 aromatic carbocycles. The van der Waals surface area contributed by atoms with E-state index in [-0.39, 0.29) is 16.1 Å². The number of nitrogens with zero attached hydrogens (tertiary/aromatic N) is 1. The summed E-state index contributed by atoms with van der Waals surface area (Å²) in [6.45, 7) is 0. The van der Waals surface area contributed by atoms with Gasteiger partial charge < -0.3 is 10.1 Å². The van der Waals surface area contributed by atoms with Crippen LogP contribution < -0.4 is 5.32 Å². The van der Waals surface area contributed by atoms with Crippen LogP contribution in [-0.2, 0) is 9.53 Å². The van der Waals surface area contributed by atoms with Gasteiger partial charge in [-0.2, -0.15) is 0 Å². The molecule has 0 unspecified atom stereocenters. The van der Waals surface area contributed by atoms with Gasteiger partial charge in [-0.05, 0) is 23.8 Å². The van der Waals surface area contributed by atoms with Crippen LogP contribution in [0.5, 0.6) is 0 Å². The van der Waals surface area contributed by atoms with E-state index in [1.807, 2.05) is 0 Å². The second kappa shape index (κ2) is 7.15. The fourth-order valence-electron chi connectivity index (χ4n) is 1.86. The number of nitrogens with one attached hydrogen (secondary N) is 1. The van der Waals surface area contributed by atoms with Crippen molar-refractivity contribution in [2.45, 2.75) is 6.04 Å². The van der Waals surface area contributed by atoms with Crippen molar-refractivity contribution < 1.29 is 23.1 Å². The summed E-state index contributed by atoms with van der Waals surface area (Å²) in [7, 11) is 1.11. The molecular formula is C15H11ClF2N2O3. The van der Waals surface area contributed by atoms with Gasteiger partial charge >= 0.3 is 5.97 Å². The second-order valence-corrected chi connectivity index (χ2v) is 4.87. The quantitative estimate of drug-likeness (QED) is 0.869. The summed E-state index contributed by atoms with van der Waals surface area (Å²) in [6, 6.07) is 3.43. The van der Waals surface area contributed by atoms with Crippen molar-refractivity contribution in [1.29, 1.82) is 0 Å². The molecule has 2 rings (SSSR count). The Morgan fingerprint density at radius 2 is 2.00 bits per heavy atom. The molecule has 1 amide bonds. The maximum atomic E-state index is 13.6. The van der Waals surface area contributed by atoms with Gasteiger partial charge in [-0.25, -0.2) is 13.6 Å². The van der Waals surface area contributed by atoms with Crippen molar-refractivity contribution in [3.05, 3.63) is 64.4 Å². The first-order valence-electron chi connectivity index (χ1n) is 6.37. The lowest BCUT2D eigenvalue weighted by atomic mass is 10.1.